The zero-order valence-corrected chi connectivity index (χ0v) is 8.31. The Balaban J connectivity index is 2.79. The minimum absolute atomic E-state index is 0.146. The van der Waals surface area contributed by atoms with Crippen molar-refractivity contribution in [3.63, 3.8) is 0 Å². The number of rotatable bonds is 1. The summed E-state index contributed by atoms with van der Waals surface area (Å²) in [5.74, 6) is 0. The monoisotopic (exact) mass is 206 g/mol. The molecule has 0 N–H and O–H groups in total. The summed E-state index contributed by atoms with van der Waals surface area (Å²) in [6.45, 7) is 1.92. The highest BCUT2D eigenvalue weighted by molar-refractivity contribution is 7.92. The number of nitriles is 1. The van der Waals surface area contributed by atoms with Crippen LogP contribution in [0.4, 0.5) is 3.89 Å². The van der Waals surface area contributed by atoms with Gasteiger partial charge in [0.05, 0.1) is 17.1 Å². The molecule has 0 fully saturated rings. The molecule has 0 radical (unpaired) electrons. The van der Waals surface area contributed by atoms with Gasteiger partial charge in [-0.25, -0.2) is 0 Å². The fraction of sp³-hybridized carbons (Fsp3) is 0.100. The molecule has 0 saturated carbocycles. The van der Waals surface area contributed by atoms with Gasteiger partial charge in [-0.3, -0.25) is 3.97 Å². The van der Waals surface area contributed by atoms with Crippen molar-refractivity contribution in [1.29, 1.82) is 5.26 Å². The maximum Gasteiger partial charge on any atom is 0.169 e. The van der Waals surface area contributed by atoms with Gasteiger partial charge in [0.1, 0.15) is 0 Å². The van der Waals surface area contributed by atoms with Gasteiger partial charge in [0.15, 0.2) is 12.3 Å². The van der Waals surface area contributed by atoms with E-state index in [-0.39, 0.29) is 12.3 Å². The molecule has 1 aromatic carbocycles. The summed E-state index contributed by atoms with van der Waals surface area (Å²) < 4.78 is 13.9. The van der Waals surface area contributed by atoms with Crippen molar-refractivity contribution in [2.24, 2.45) is 0 Å². The molecule has 4 heteroatoms. The third-order valence-electron chi connectivity index (χ3n) is 2.17. The Morgan fingerprint density at radius 2 is 2.29 bits per heavy atom. The average Bonchev–Trinajstić information content (AvgIpc) is 2.55. The lowest BCUT2D eigenvalue weighted by atomic mass is 10.1. The molecule has 2 rings (SSSR count). The second-order valence-electron chi connectivity index (χ2n) is 3.05. The topological polar surface area (TPSA) is 28.7 Å². The molecule has 0 aliphatic carbocycles. The molecule has 0 atom stereocenters. The number of aryl methyl sites for hydroxylation is 1. The Kier molecular flexibility index (Phi) is 2.18. The molecule has 0 aliphatic heterocycles. The molecular formula is C10H7FN2S. The molecule has 0 spiro atoms. The van der Waals surface area contributed by atoms with Gasteiger partial charge in [0.2, 0.25) is 0 Å². The quantitative estimate of drug-likeness (QED) is 0.716. The smallest absolute Gasteiger partial charge is 0.169 e. The number of hydrogen-bond acceptors (Lipinski definition) is 2. The molecule has 1 heterocycles. The van der Waals surface area contributed by atoms with E-state index < -0.39 is 0 Å². The standard InChI is InChI=1S/C10H7FN2S/c1-7-6-13(14-11)10-4-8(5-12)2-3-9(7)10/h2-4,6H,1H3. The molecule has 2 nitrogen and oxygen atoms in total. The van der Waals surface area contributed by atoms with Crippen LogP contribution in [0, 0.1) is 18.3 Å². The number of fused-ring (bicyclic) bond motifs is 1. The van der Waals surface area contributed by atoms with Crippen molar-refractivity contribution in [2.75, 3.05) is 0 Å². The minimum atomic E-state index is 0.146. The van der Waals surface area contributed by atoms with Crippen molar-refractivity contribution in [3.8, 4) is 6.07 Å². The van der Waals surface area contributed by atoms with E-state index in [9.17, 15) is 3.89 Å². The van der Waals surface area contributed by atoms with Crippen molar-refractivity contribution in [2.45, 2.75) is 6.92 Å². The Bertz CT molecular complexity index is 525. The number of nitrogens with zero attached hydrogens (tertiary/aromatic N) is 2. The summed E-state index contributed by atoms with van der Waals surface area (Å²) >= 11 is 0.146. The third kappa shape index (κ3) is 1.26. The molecule has 0 amide bonds. The van der Waals surface area contributed by atoms with Crippen LogP contribution >= 0.6 is 12.3 Å². The zero-order chi connectivity index (χ0) is 10.1. The predicted molar refractivity (Wildman–Crippen MR) is 55.5 cm³/mol. The van der Waals surface area contributed by atoms with Crippen molar-refractivity contribution < 1.29 is 3.89 Å². The number of aromatic nitrogens is 1. The summed E-state index contributed by atoms with van der Waals surface area (Å²) in [4.78, 5) is 0. The molecule has 0 saturated heterocycles. The van der Waals surface area contributed by atoms with Gasteiger partial charge in [-0.15, -0.1) is 3.89 Å². The Morgan fingerprint density at radius 3 is 2.93 bits per heavy atom. The van der Waals surface area contributed by atoms with Crippen molar-refractivity contribution in [1.82, 2.24) is 3.97 Å². The minimum Gasteiger partial charge on any atom is -0.264 e. The maximum absolute atomic E-state index is 12.5. The van der Waals surface area contributed by atoms with E-state index >= 15 is 0 Å². The van der Waals surface area contributed by atoms with Crippen LogP contribution in [-0.4, -0.2) is 3.97 Å². The highest BCUT2D eigenvalue weighted by atomic mass is 32.2. The van der Waals surface area contributed by atoms with E-state index in [1.54, 1.807) is 18.3 Å². The fourth-order valence-corrected chi connectivity index (χ4v) is 1.91. The SMILES string of the molecule is Cc1cn(SF)c2cc(C#N)ccc12. The van der Waals surface area contributed by atoms with E-state index in [1.165, 1.54) is 3.97 Å². The second kappa shape index (κ2) is 3.35. The van der Waals surface area contributed by atoms with Crippen LogP contribution in [0.25, 0.3) is 10.9 Å². The summed E-state index contributed by atoms with van der Waals surface area (Å²) in [7, 11) is 0. The maximum atomic E-state index is 12.5. The van der Waals surface area contributed by atoms with Crippen molar-refractivity contribution >= 4 is 23.2 Å². The van der Waals surface area contributed by atoms with E-state index in [2.05, 4.69) is 0 Å². The lowest BCUT2D eigenvalue weighted by Crippen LogP contribution is -1.80. The largest absolute Gasteiger partial charge is 0.264 e. The van der Waals surface area contributed by atoms with E-state index in [4.69, 9.17) is 5.26 Å². The highest BCUT2D eigenvalue weighted by Crippen LogP contribution is 2.25. The second-order valence-corrected chi connectivity index (χ2v) is 3.58. The molecule has 0 aliphatic rings. The fourth-order valence-electron chi connectivity index (χ4n) is 1.49. The van der Waals surface area contributed by atoms with Gasteiger partial charge in [-0.05, 0) is 24.6 Å². The van der Waals surface area contributed by atoms with Crippen LogP contribution in [0.15, 0.2) is 24.4 Å². The normalized spacial score (nSPS) is 10.4. The van der Waals surface area contributed by atoms with Crippen LogP contribution in [0.1, 0.15) is 11.1 Å². The number of halogens is 1. The van der Waals surface area contributed by atoms with E-state index in [0.717, 1.165) is 16.5 Å². The first-order chi connectivity index (χ1) is 6.76. The summed E-state index contributed by atoms with van der Waals surface area (Å²) in [5, 5.41) is 9.69. The molecule has 14 heavy (non-hydrogen) atoms. The molecule has 70 valence electrons. The van der Waals surface area contributed by atoms with E-state index in [1.807, 2.05) is 19.1 Å². The van der Waals surface area contributed by atoms with Gasteiger partial charge in [0, 0.05) is 11.6 Å². The highest BCUT2D eigenvalue weighted by Gasteiger charge is 2.06. The summed E-state index contributed by atoms with van der Waals surface area (Å²) in [6, 6.07) is 7.31. The van der Waals surface area contributed by atoms with Crippen LogP contribution in [0.2, 0.25) is 0 Å². The lowest BCUT2D eigenvalue weighted by molar-refractivity contribution is 0.921. The van der Waals surface area contributed by atoms with Gasteiger partial charge in [0.25, 0.3) is 0 Å². The molecule has 0 unspecified atom stereocenters. The van der Waals surface area contributed by atoms with Gasteiger partial charge >= 0.3 is 0 Å². The number of benzene rings is 1. The summed E-state index contributed by atoms with van der Waals surface area (Å²) in [6.07, 6.45) is 1.72. The molecule has 1 aromatic heterocycles. The first kappa shape index (κ1) is 9.10. The predicted octanol–water partition coefficient (Wildman–Crippen LogP) is 3.20. The lowest BCUT2D eigenvalue weighted by Gasteiger charge is -1.95. The van der Waals surface area contributed by atoms with E-state index in [0.29, 0.717) is 5.56 Å². The molecular weight excluding hydrogens is 199 g/mol. The van der Waals surface area contributed by atoms with Crippen molar-refractivity contribution in [3.05, 3.63) is 35.5 Å². The van der Waals surface area contributed by atoms with Crippen LogP contribution in [0.3, 0.4) is 0 Å². The Labute approximate surface area is 85.4 Å². The van der Waals surface area contributed by atoms with Crippen LogP contribution < -0.4 is 0 Å². The van der Waals surface area contributed by atoms with Crippen LogP contribution in [-0.2, 0) is 0 Å². The first-order valence-electron chi connectivity index (χ1n) is 4.07. The summed E-state index contributed by atoms with van der Waals surface area (Å²) in [5.41, 5.74) is 2.30. The third-order valence-corrected chi connectivity index (χ3v) is 2.63. The van der Waals surface area contributed by atoms with Gasteiger partial charge < -0.3 is 0 Å². The molecule has 0 bridgehead atoms. The number of hydrogen-bond donors (Lipinski definition) is 0. The van der Waals surface area contributed by atoms with Crippen LogP contribution in [0.5, 0.6) is 0 Å². The molecule has 2 aromatic rings. The first-order valence-corrected chi connectivity index (χ1v) is 4.74. The van der Waals surface area contributed by atoms with Gasteiger partial charge in [-0.2, -0.15) is 5.26 Å². The average molecular weight is 206 g/mol. The Hall–Kier alpha value is -1.47. The zero-order valence-electron chi connectivity index (χ0n) is 7.49. The van der Waals surface area contributed by atoms with Gasteiger partial charge in [-0.1, -0.05) is 6.07 Å². The Morgan fingerprint density at radius 1 is 1.50 bits per heavy atom.